The van der Waals surface area contributed by atoms with Gasteiger partial charge in [-0.3, -0.25) is 9.59 Å². The van der Waals surface area contributed by atoms with Crippen molar-refractivity contribution in [1.29, 1.82) is 0 Å². The van der Waals surface area contributed by atoms with Crippen molar-refractivity contribution in [3.8, 4) is 11.4 Å². The molecule has 2 aromatic rings. The highest BCUT2D eigenvalue weighted by Crippen LogP contribution is 2.20. The van der Waals surface area contributed by atoms with Crippen LogP contribution in [0.4, 0.5) is 4.79 Å². The maximum atomic E-state index is 12.3. The maximum Gasteiger partial charge on any atom is 0.329 e. The summed E-state index contributed by atoms with van der Waals surface area (Å²) >= 11 is 0. The Morgan fingerprint density at radius 1 is 1.24 bits per heavy atom. The molecule has 8 nitrogen and oxygen atoms in total. The number of rotatable bonds is 4. The van der Waals surface area contributed by atoms with E-state index < -0.39 is 24.5 Å². The zero-order valence-corrected chi connectivity index (χ0v) is 13.3. The van der Waals surface area contributed by atoms with Gasteiger partial charge in [-0.25, -0.2) is 9.69 Å². The molecule has 0 radical (unpaired) electrons. The molecular formula is C17H15N3O5. The summed E-state index contributed by atoms with van der Waals surface area (Å²) in [7, 11) is 1.18. The Bertz CT molecular complexity index is 867. The first-order chi connectivity index (χ1) is 12.0. The quantitative estimate of drug-likeness (QED) is 0.495. The van der Waals surface area contributed by atoms with Crippen LogP contribution in [-0.2, 0) is 14.3 Å². The van der Waals surface area contributed by atoms with E-state index in [9.17, 15) is 19.5 Å². The second kappa shape index (κ2) is 6.52. The van der Waals surface area contributed by atoms with E-state index in [1.165, 1.54) is 13.2 Å². The molecule has 1 aliphatic heterocycles. The number of esters is 1. The van der Waals surface area contributed by atoms with Crippen LogP contribution in [0.25, 0.3) is 11.8 Å². The van der Waals surface area contributed by atoms with Crippen molar-refractivity contribution in [2.24, 2.45) is 0 Å². The second-order valence-corrected chi connectivity index (χ2v) is 5.28. The molecule has 2 heterocycles. The molecule has 3 amide bonds. The summed E-state index contributed by atoms with van der Waals surface area (Å²) in [5, 5.41) is 11.8. The van der Waals surface area contributed by atoms with Gasteiger partial charge in [0.05, 0.1) is 7.11 Å². The van der Waals surface area contributed by atoms with Crippen LogP contribution in [0.1, 0.15) is 5.69 Å². The van der Waals surface area contributed by atoms with E-state index in [4.69, 9.17) is 0 Å². The van der Waals surface area contributed by atoms with Crippen molar-refractivity contribution in [3.05, 3.63) is 54.0 Å². The largest absolute Gasteiger partial charge is 0.508 e. The number of methoxy groups -OCH3 is 1. The van der Waals surface area contributed by atoms with E-state index in [0.29, 0.717) is 5.69 Å². The Hall–Kier alpha value is -3.55. The average molecular weight is 341 g/mol. The third-order valence-electron chi connectivity index (χ3n) is 3.68. The molecule has 1 fully saturated rings. The summed E-state index contributed by atoms with van der Waals surface area (Å²) < 4.78 is 6.27. The molecule has 1 aromatic heterocycles. The Morgan fingerprint density at radius 3 is 2.64 bits per heavy atom. The third-order valence-corrected chi connectivity index (χ3v) is 3.68. The number of hydrogen-bond donors (Lipinski definition) is 2. The molecular weight excluding hydrogens is 326 g/mol. The van der Waals surface area contributed by atoms with Gasteiger partial charge in [-0.2, -0.15) is 0 Å². The lowest BCUT2D eigenvalue weighted by Crippen LogP contribution is -2.36. The van der Waals surface area contributed by atoms with Gasteiger partial charge < -0.3 is 19.7 Å². The molecule has 128 valence electrons. The highest BCUT2D eigenvalue weighted by molar-refractivity contribution is 6.15. The van der Waals surface area contributed by atoms with E-state index in [2.05, 4.69) is 10.1 Å². The Balaban J connectivity index is 1.88. The highest BCUT2D eigenvalue weighted by Gasteiger charge is 2.35. The topological polar surface area (TPSA) is 101 Å². The molecule has 1 saturated heterocycles. The van der Waals surface area contributed by atoms with Crippen molar-refractivity contribution in [2.45, 2.75) is 0 Å². The predicted molar refractivity (Wildman–Crippen MR) is 87.7 cm³/mol. The van der Waals surface area contributed by atoms with Crippen LogP contribution in [0.15, 0.2) is 48.3 Å². The Labute approximate surface area is 142 Å². The SMILES string of the molecule is COC(=O)CN1C(=O)N/C(=C/c2cccn2-c2ccc(O)cc2)C1=O. The average Bonchev–Trinajstić information content (AvgIpc) is 3.16. The van der Waals surface area contributed by atoms with Gasteiger partial charge in [0.1, 0.15) is 18.0 Å². The van der Waals surface area contributed by atoms with Crippen LogP contribution >= 0.6 is 0 Å². The number of benzene rings is 1. The fourth-order valence-electron chi connectivity index (χ4n) is 2.42. The number of nitrogens with zero attached hydrogens (tertiary/aromatic N) is 2. The van der Waals surface area contributed by atoms with Gasteiger partial charge in [-0.05, 0) is 42.5 Å². The first-order valence-corrected chi connectivity index (χ1v) is 7.37. The van der Waals surface area contributed by atoms with Crippen LogP contribution in [0.5, 0.6) is 5.75 Å². The molecule has 1 aromatic carbocycles. The molecule has 0 atom stereocenters. The summed E-state index contributed by atoms with van der Waals surface area (Å²) in [6, 6.07) is 9.41. The molecule has 0 bridgehead atoms. The third kappa shape index (κ3) is 3.23. The molecule has 0 unspecified atom stereocenters. The molecule has 0 aliphatic carbocycles. The number of hydrogen-bond acceptors (Lipinski definition) is 5. The second-order valence-electron chi connectivity index (χ2n) is 5.28. The lowest BCUT2D eigenvalue weighted by atomic mass is 10.2. The summed E-state index contributed by atoms with van der Waals surface area (Å²) in [6.45, 7) is -0.447. The minimum atomic E-state index is -0.683. The molecule has 2 N–H and O–H groups in total. The lowest BCUT2D eigenvalue weighted by Gasteiger charge is -2.09. The van der Waals surface area contributed by atoms with E-state index in [1.54, 1.807) is 47.2 Å². The molecule has 1 aliphatic rings. The number of carbonyl (C=O) groups excluding carboxylic acids is 3. The number of urea groups is 1. The van der Waals surface area contributed by atoms with Gasteiger partial charge in [0, 0.05) is 17.6 Å². The van der Waals surface area contributed by atoms with Crippen LogP contribution in [0.3, 0.4) is 0 Å². The zero-order chi connectivity index (χ0) is 18.0. The highest BCUT2D eigenvalue weighted by atomic mass is 16.5. The fraction of sp³-hybridized carbons (Fsp3) is 0.118. The van der Waals surface area contributed by atoms with Gasteiger partial charge in [0.2, 0.25) is 0 Å². The number of nitrogens with one attached hydrogen (secondary N) is 1. The number of imide groups is 1. The number of phenols is 1. The van der Waals surface area contributed by atoms with Crippen molar-refractivity contribution < 1.29 is 24.2 Å². The standard InChI is InChI=1S/C17H15N3O5/c1-25-15(22)10-20-16(23)14(18-17(20)24)9-12-3-2-8-19(12)11-4-6-13(21)7-5-11/h2-9,21H,10H2,1H3,(H,18,24)/b14-9+. The summed E-state index contributed by atoms with van der Waals surface area (Å²) in [6.07, 6.45) is 3.30. The smallest absolute Gasteiger partial charge is 0.329 e. The Kier molecular flexibility index (Phi) is 4.25. The maximum absolute atomic E-state index is 12.3. The predicted octanol–water partition coefficient (Wildman–Crippen LogP) is 1.25. The first-order valence-electron chi connectivity index (χ1n) is 7.37. The zero-order valence-electron chi connectivity index (χ0n) is 13.3. The van der Waals surface area contributed by atoms with Crippen molar-refractivity contribution in [1.82, 2.24) is 14.8 Å². The summed E-state index contributed by atoms with van der Waals surface area (Å²) in [5.74, 6) is -1.14. The normalized spacial score (nSPS) is 15.6. The van der Waals surface area contributed by atoms with Gasteiger partial charge in [-0.15, -0.1) is 0 Å². The monoisotopic (exact) mass is 341 g/mol. The molecule has 25 heavy (non-hydrogen) atoms. The first kappa shape index (κ1) is 16.3. The van der Waals surface area contributed by atoms with Crippen LogP contribution in [0, 0.1) is 0 Å². The molecule has 0 saturated carbocycles. The van der Waals surface area contributed by atoms with E-state index in [-0.39, 0.29) is 11.4 Å². The number of aromatic hydroxyl groups is 1. The fourth-order valence-corrected chi connectivity index (χ4v) is 2.42. The van der Waals surface area contributed by atoms with E-state index in [1.807, 2.05) is 0 Å². The van der Waals surface area contributed by atoms with Gasteiger partial charge in [0.25, 0.3) is 5.91 Å². The molecule has 8 heteroatoms. The summed E-state index contributed by atoms with van der Waals surface area (Å²) in [4.78, 5) is 36.3. The van der Waals surface area contributed by atoms with Crippen LogP contribution in [0.2, 0.25) is 0 Å². The lowest BCUT2D eigenvalue weighted by molar-refractivity contribution is -0.143. The number of aromatic nitrogens is 1. The number of carbonyl (C=O) groups is 3. The van der Waals surface area contributed by atoms with Gasteiger partial charge in [-0.1, -0.05) is 0 Å². The van der Waals surface area contributed by atoms with Gasteiger partial charge in [0.15, 0.2) is 0 Å². The van der Waals surface area contributed by atoms with Crippen LogP contribution in [-0.4, -0.2) is 46.1 Å². The number of phenolic OH excluding ortho intramolecular Hbond substituents is 1. The minimum absolute atomic E-state index is 0.0626. The minimum Gasteiger partial charge on any atom is -0.508 e. The van der Waals surface area contributed by atoms with E-state index >= 15 is 0 Å². The molecule has 0 spiro atoms. The Morgan fingerprint density at radius 2 is 1.96 bits per heavy atom. The van der Waals surface area contributed by atoms with Crippen molar-refractivity contribution in [2.75, 3.05) is 13.7 Å². The van der Waals surface area contributed by atoms with Crippen molar-refractivity contribution in [3.63, 3.8) is 0 Å². The van der Waals surface area contributed by atoms with Crippen molar-refractivity contribution >= 4 is 24.0 Å². The number of ether oxygens (including phenoxy) is 1. The number of amides is 3. The summed E-state index contributed by atoms with van der Waals surface area (Å²) in [5.41, 5.74) is 1.49. The van der Waals surface area contributed by atoms with E-state index in [0.717, 1.165) is 10.6 Å². The molecule has 3 rings (SSSR count). The van der Waals surface area contributed by atoms with Crippen LogP contribution < -0.4 is 5.32 Å². The van der Waals surface area contributed by atoms with Gasteiger partial charge >= 0.3 is 12.0 Å².